The Balaban J connectivity index is 2.59. The van der Waals surface area contributed by atoms with E-state index in [1.807, 2.05) is 6.20 Å². The maximum absolute atomic E-state index is 4.36. The van der Waals surface area contributed by atoms with Gasteiger partial charge in [0.1, 0.15) is 5.82 Å². The van der Waals surface area contributed by atoms with Crippen LogP contribution >= 0.6 is 0 Å². The largest absolute Gasteiger partial charge is 0.346 e. The maximum Gasteiger partial charge on any atom is 0.106 e. The van der Waals surface area contributed by atoms with Crippen molar-refractivity contribution in [1.82, 2.24) is 9.97 Å². The minimum absolute atomic E-state index is 0.321. The summed E-state index contributed by atoms with van der Waals surface area (Å²) < 4.78 is 0. The highest BCUT2D eigenvalue weighted by Gasteiger charge is 2.13. The molecule has 1 heterocycles. The summed E-state index contributed by atoms with van der Waals surface area (Å²) in [4.78, 5) is 7.72. The van der Waals surface area contributed by atoms with E-state index in [2.05, 4.69) is 37.7 Å². The molecule has 0 saturated heterocycles. The average molecular weight is 180 g/mol. The molecule has 0 amide bonds. The molecule has 0 aliphatic heterocycles. The van der Waals surface area contributed by atoms with Crippen molar-refractivity contribution in [2.75, 3.05) is 0 Å². The standard InChI is InChI=1S/C11H20N2/c1-5-6-9-8-12-10(13-9)7-11(2,3)4/h8H,5-7H2,1-4H3,(H,12,13). The van der Waals surface area contributed by atoms with E-state index in [9.17, 15) is 0 Å². The first-order chi connectivity index (χ1) is 6.01. The van der Waals surface area contributed by atoms with Crippen LogP contribution in [0.15, 0.2) is 6.20 Å². The van der Waals surface area contributed by atoms with Crippen LogP contribution in [-0.2, 0) is 12.8 Å². The number of aromatic amines is 1. The van der Waals surface area contributed by atoms with Gasteiger partial charge >= 0.3 is 0 Å². The highest BCUT2D eigenvalue weighted by atomic mass is 14.9. The molecule has 0 atom stereocenters. The van der Waals surface area contributed by atoms with E-state index in [-0.39, 0.29) is 0 Å². The van der Waals surface area contributed by atoms with Crippen LogP contribution in [0.5, 0.6) is 0 Å². The Morgan fingerprint density at radius 1 is 1.38 bits per heavy atom. The van der Waals surface area contributed by atoms with Gasteiger partial charge in [-0.15, -0.1) is 0 Å². The van der Waals surface area contributed by atoms with Crippen molar-refractivity contribution in [3.05, 3.63) is 17.7 Å². The monoisotopic (exact) mass is 180 g/mol. The van der Waals surface area contributed by atoms with E-state index in [1.54, 1.807) is 0 Å². The zero-order valence-electron chi connectivity index (χ0n) is 9.15. The van der Waals surface area contributed by atoms with Crippen LogP contribution in [0.25, 0.3) is 0 Å². The lowest BCUT2D eigenvalue weighted by atomic mass is 9.92. The van der Waals surface area contributed by atoms with Crippen molar-refractivity contribution in [3.63, 3.8) is 0 Å². The molecule has 1 aromatic rings. The summed E-state index contributed by atoms with van der Waals surface area (Å²) in [5.41, 5.74) is 1.59. The Kier molecular flexibility index (Phi) is 3.12. The Bertz CT molecular complexity index is 255. The molecule has 0 aliphatic rings. The second kappa shape index (κ2) is 3.95. The third-order valence-corrected chi connectivity index (χ3v) is 1.90. The van der Waals surface area contributed by atoms with Gasteiger partial charge in [0.2, 0.25) is 0 Å². The van der Waals surface area contributed by atoms with Crippen LogP contribution in [0, 0.1) is 5.41 Å². The van der Waals surface area contributed by atoms with Crippen LogP contribution in [0.4, 0.5) is 0 Å². The van der Waals surface area contributed by atoms with E-state index >= 15 is 0 Å². The molecule has 0 unspecified atom stereocenters. The molecule has 2 nitrogen and oxygen atoms in total. The first kappa shape index (κ1) is 10.3. The Labute approximate surface area is 80.8 Å². The van der Waals surface area contributed by atoms with Gasteiger partial charge in [-0.2, -0.15) is 0 Å². The molecule has 2 heteroatoms. The summed E-state index contributed by atoms with van der Waals surface area (Å²) in [7, 11) is 0. The third-order valence-electron chi connectivity index (χ3n) is 1.90. The summed E-state index contributed by atoms with van der Waals surface area (Å²) in [5.74, 6) is 1.12. The second-order valence-corrected chi connectivity index (χ2v) is 4.84. The lowest BCUT2D eigenvalue weighted by molar-refractivity contribution is 0.402. The van der Waals surface area contributed by atoms with Crippen molar-refractivity contribution in [1.29, 1.82) is 0 Å². The molecule has 0 saturated carbocycles. The van der Waals surface area contributed by atoms with E-state index in [4.69, 9.17) is 0 Å². The fourth-order valence-electron chi connectivity index (χ4n) is 1.39. The van der Waals surface area contributed by atoms with Gasteiger partial charge in [0.05, 0.1) is 0 Å². The molecule has 1 rings (SSSR count). The van der Waals surface area contributed by atoms with Gasteiger partial charge in [-0.25, -0.2) is 4.98 Å². The number of rotatable bonds is 3. The summed E-state index contributed by atoms with van der Waals surface area (Å²) >= 11 is 0. The molecule has 1 N–H and O–H groups in total. The number of hydrogen-bond donors (Lipinski definition) is 1. The number of hydrogen-bond acceptors (Lipinski definition) is 1. The third kappa shape index (κ3) is 3.62. The van der Waals surface area contributed by atoms with Gasteiger partial charge < -0.3 is 4.98 Å². The van der Waals surface area contributed by atoms with Crippen LogP contribution in [0.1, 0.15) is 45.6 Å². The Hall–Kier alpha value is -0.790. The average Bonchev–Trinajstić information content (AvgIpc) is 2.33. The van der Waals surface area contributed by atoms with E-state index < -0.39 is 0 Å². The minimum atomic E-state index is 0.321. The highest BCUT2D eigenvalue weighted by molar-refractivity contribution is 5.02. The molecule has 1 aromatic heterocycles. The fraction of sp³-hybridized carbons (Fsp3) is 0.727. The number of nitrogens with zero attached hydrogens (tertiary/aromatic N) is 1. The zero-order chi connectivity index (χ0) is 9.90. The molecule has 0 fully saturated rings. The molecule has 0 spiro atoms. The van der Waals surface area contributed by atoms with Crippen molar-refractivity contribution in [3.8, 4) is 0 Å². The minimum Gasteiger partial charge on any atom is -0.346 e. The first-order valence-electron chi connectivity index (χ1n) is 5.04. The molecule has 0 aromatic carbocycles. The SMILES string of the molecule is CCCc1cnc(CC(C)(C)C)[nH]1. The zero-order valence-corrected chi connectivity index (χ0v) is 9.15. The highest BCUT2D eigenvalue weighted by Crippen LogP contribution is 2.18. The number of imidazole rings is 1. The van der Waals surface area contributed by atoms with E-state index in [0.29, 0.717) is 5.41 Å². The number of aromatic nitrogens is 2. The predicted molar refractivity (Wildman–Crippen MR) is 55.7 cm³/mol. The second-order valence-electron chi connectivity index (χ2n) is 4.84. The van der Waals surface area contributed by atoms with Gasteiger partial charge in [-0.3, -0.25) is 0 Å². The van der Waals surface area contributed by atoms with Crippen LogP contribution in [-0.4, -0.2) is 9.97 Å². The first-order valence-corrected chi connectivity index (χ1v) is 5.04. The molecular formula is C11H20N2. The van der Waals surface area contributed by atoms with Gasteiger partial charge in [0, 0.05) is 18.3 Å². The number of H-pyrrole nitrogens is 1. The number of aryl methyl sites for hydroxylation is 1. The maximum atomic E-state index is 4.36. The van der Waals surface area contributed by atoms with Crippen molar-refractivity contribution >= 4 is 0 Å². The lowest BCUT2D eigenvalue weighted by Gasteiger charge is -2.15. The summed E-state index contributed by atoms with van der Waals surface area (Å²) in [6.45, 7) is 8.88. The van der Waals surface area contributed by atoms with Crippen molar-refractivity contribution in [2.24, 2.45) is 5.41 Å². The van der Waals surface area contributed by atoms with Crippen molar-refractivity contribution < 1.29 is 0 Å². The van der Waals surface area contributed by atoms with E-state index in [0.717, 1.165) is 18.7 Å². The van der Waals surface area contributed by atoms with Crippen LogP contribution in [0.3, 0.4) is 0 Å². The fourth-order valence-corrected chi connectivity index (χ4v) is 1.39. The lowest BCUT2D eigenvalue weighted by Crippen LogP contribution is -2.10. The molecule has 0 radical (unpaired) electrons. The van der Waals surface area contributed by atoms with Crippen LogP contribution < -0.4 is 0 Å². The Morgan fingerprint density at radius 3 is 2.62 bits per heavy atom. The molecule has 13 heavy (non-hydrogen) atoms. The van der Waals surface area contributed by atoms with Gasteiger partial charge in [-0.1, -0.05) is 34.1 Å². The van der Waals surface area contributed by atoms with Gasteiger partial charge in [0.15, 0.2) is 0 Å². The number of nitrogens with one attached hydrogen (secondary N) is 1. The smallest absolute Gasteiger partial charge is 0.106 e. The predicted octanol–water partition coefficient (Wildman–Crippen LogP) is 2.95. The molecule has 0 bridgehead atoms. The summed E-state index contributed by atoms with van der Waals surface area (Å²) in [6.07, 6.45) is 5.27. The van der Waals surface area contributed by atoms with Gasteiger partial charge in [-0.05, 0) is 11.8 Å². The summed E-state index contributed by atoms with van der Waals surface area (Å²) in [6, 6.07) is 0. The molecule has 0 aliphatic carbocycles. The van der Waals surface area contributed by atoms with E-state index in [1.165, 1.54) is 12.1 Å². The van der Waals surface area contributed by atoms with Crippen LogP contribution in [0.2, 0.25) is 0 Å². The quantitative estimate of drug-likeness (QED) is 0.761. The summed E-state index contributed by atoms with van der Waals surface area (Å²) in [5, 5.41) is 0. The van der Waals surface area contributed by atoms with Crippen molar-refractivity contribution in [2.45, 2.75) is 47.0 Å². The Morgan fingerprint density at radius 2 is 2.08 bits per heavy atom. The molecule has 74 valence electrons. The normalized spacial score (nSPS) is 12.0. The van der Waals surface area contributed by atoms with Gasteiger partial charge in [0.25, 0.3) is 0 Å². The topological polar surface area (TPSA) is 28.7 Å². The molecular weight excluding hydrogens is 160 g/mol.